The van der Waals surface area contributed by atoms with Gasteiger partial charge in [0.2, 0.25) is 0 Å². The number of carbonyl (C=O) groups excluding carboxylic acids is 1. The molecule has 3 aromatic carbocycles. The summed E-state index contributed by atoms with van der Waals surface area (Å²) < 4.78 is 21.2. The summed E-state index contributed by atoms with van der Waals surface area (Å²) in [7, 11) is 0. The number of carbonyl (C=O) groups is 1. The summed E-state index contributed by atoms with van der Waals surface area (Å²) >= 11 is 5.97. The number of hydrogen-bond donors (Lipinski definition) is 2. The fourth-order valence-electron chi connectivity index (χ4n) is 3.17. The Morgan fingerprint density at radius 3 is 2.44 bits per heavy atom. The fourth-order valence-corrected chi connectivity index (χ4v) is 3.36. The van der Waals surface area contributed by atoms with E-state index in [9.17, 15) is 9.18 Å². The molecule has 0 aliphatic rings. The maximum absolute atomic E-state index is 13.9. The summed E-state index contributed by atoms with van der Waals surface area (Å²) in [6, 6.07) is 19.8. The van der Waals surface area contributed by atoms with E-state index in [1.54, 1.807) is 59.3 Å². The van der Waals surface area contributed by atoms with Crippen molar-refractivity contribution in [3.05, 3.63) is 83.6 Å². The third kappa shape index (κ3) is 5.90. The molecular weight excluding hydrogens is 457 g/mol. The maximum atomic E-state index is 13.9. The van der Waals surface area contributed by atoms with Crippen LogP contribution in [-0.2, 0) is 0 Å². The number of halogens is 2. The van der Waals surface area contributed by atoms with E-state index in [0.717, 1.165) is 0 Å². The van der Waals surface area contributed by atoms with Crippen LogP contribution >= 0.6 is 11.6 Å². The van der Waals surface area contributed by atoms with Gasteiger partial charge in [0.1, 0.15) is 5.82 Å². The Bertz CT molecular complexity index is 1310. The van der Waals surface area contributed by atoms with Crippen molar-refractivity contribution in [3.63, 3.8) is 0 Å². The summed E-state index contributed by atoms with van der Waals surface area (Å²) in [6.07, 6.45) is 0. The number of aromatic nitrogens is 3. The number of hydrogen-bond acceptors (Lipinski definition) is 4. The number of anilines is 2. The minimum atomic E-state index is -0.427. The number of nitrogens with one attached hydrogen (secondary N) is 2. The lowest BCUT2D eigenvalue weighted by atomic mass is 10.2. The molecule has 9 heteroatoms. The van der Waals surface area contributed by atoms with E-state index in [4.69, 9.17) is 16.3 Å². The van der Waals surface area contributed by atoms with Crippen molar-refractivity contribution in [1.82, 2.24) is 14.8 Å². The van der Waals surface area contributed by atoms with Crippen LogP contribution in [0.4, 0.5) is 20.6 Å². The first-order valence-electron chi connectivity index (χ1n) is 10.7. The van der Waals surface area contributed by atoms with Crippen molar-refractivity contribution >= 4 is 29.0 Å². The van der Waals surface area contributed by atoms with Gasteiger partial charge in [-0.3, -0.25) is 0 Å². The van der Waals surface area contributed by atoms with E-state index < -0.39 is 6.03 Å². The van der Waals surface area contributed by atoms with Gasteiger partial charge in [-0.2, -0.15) is 4.98 Å². The molecule has 0 spiro atoms. The molecule has 4 rings (SSSR count). The fraction of sp³-hybridized carbons (Fsp3) is 0.160. The van der Waals surface area contributed by atoms with Gasteiger partial charge in [0.15, 0.2) is 5.82 Å². The molecular formula is C25H23ClFN5O2. The summed E-state index contributed by atoms with van der Waals surface area (Å²) in [5.41, 5.74) is 2.26. The Labute approximate surface area is 201 Å². The molecule has 0 atom stereocenters. The molecule has 4 aromatic rings. The van der Waals surface area contributed by atoms with Crippen LogP contribution in [0.15, 0.2) is 72.8 Å². The maximum Gasteiger partial charge on any atom is 0.336 e. The Balaban J connectivity index is 1.62. The summed E-state index contributed by atoms with van der Waals surface area (Å²) in [5, 5.41) is 10.5. The van der Waals surface area contributed by atoms with E-state index in [-0.39, 0.29) is 17.7 Å². The lowest BCUT2D eigenvalue weighted by Gasteiger charge is -2.10. The van der Waals surface area contributed by atoms with Crippen molar-refractivity contribution < 1.29 is 13.9 Å². The molecule has 0 fully saturated rings. The van der Waals surface area contributed by atoms with Gasteiger partial charge in [-0.05, 0) is 54.4 Å². The molecule has 0 unspecified atom stereocenters. The second-order valence-electron chi connectivity index (χ2n) is 7.98. The average Bonchev–Trinajstić information content (AvgIpc) is 3.22. The predicted octanol–water partition coefficient (Wildman–Crippen LogP) is 6.41. The largest absolute Gasteiger partial charge is 0.462 e. The number of amides is 2. The first-order valence-corrected chi connectivity index (χ1v) is 11.0. The van der Waals surface area contributed by atoms with Crippen molar-refractivity contribution in [2.24, 2.45) is 5.92 Å². The molecule has 1 heterocycles. The molecule has 0 aliphatic carbocycles. The van der Waals surface area contributed by atoms with Crippen LogP contribution in [0, 0.1) is 11.7 Å². The molecule has 174 valence electrons. The Morgan fingerprint density at radius 1 is 1.03 bits per heavy atom. The SMILES string of the molecule is CC(C)COc1nc(-c2cccc(F)c2)n(-c2cccc(NC(=O)Nc3cccc(Cl)c3)c2)n1. The summed E-state index contributed by atoms with van der Waals surface area (Å²) in [6.45, 7) is 4.49. The molecule has 2 N–H and O–H groups in total. The Hall–Kier alpha value is -3.91. The number of rotatable bonds is 7. The molecule has 2 amide bonds. The second kappa shape index (κ2) is 10.4. The van der Waals surface area contributed by atoms with Crippen molar-refractivity contribution in [2.75, 3.05) is 17.2 Å². The highest BCUT2D eigenvalue weighted by molar-refractivity contribution is 6.30. The molecule has 34 heavy (non-hydrogen) atoms. The van der Waals surface area contributed by atoms with E-state index in [1.165, 1.54) is 12.1 Å². The molecule has 0 saturated carbocycles. The molecule has 0 aliphatic heterocycles. The first-order chi connectivity index (χ1) is 16.4. The van der Waals surface area contributed by atoms with Crippen LogP contribution in [0.1, 0.15) is 13.8 Å². The van der Waals surface area contributed by atoms with Gasteiger partial charge in [0, 0.05) is 22.0 Å². The zero-order valence-electron chi connectivity index (χ0n) is 18.6. The van der Waals surface area contributed by atoms with Crippen LogP contribution in [-0.4, -0.2) is 27.4 Å². The van der Waals surface area contributed by atoms with Crippen molar-refractivity contribution in [1.29, 1.82) is 0 Å². The number of nitrogens with zero attached hydrogens (tertiary/aromatic N) is 3. The number of benzene rings is 3. The van der Waals surface area contributed by atoms with E-state index in [0.29, 0.717) is 40.1 Å². The Kier molecular flexibility index (Phi) is 7.08. The highest BCUT2D eigenvalue weighted by Gasteiger charge is 2.16. The number of ether oxygens (including phenoxy) is 1. The van der Waals surface area contributed by atoms with Crippen LogP contribution in [0.2, 0.25) is 5.02 Å². The average molecular weight is 480 g/mol. The standard InChI is InChI=1S/C25H23ClFN5O2/c1-16(2)15-34-25-30-23(17-6-3-8-19(27)12-17)32(31-25)22-11-5-10-21(14-22)29-24(33)28-20-9-4-7-18(26)13-20/h3-14,16H,15H2,1-2H3,(H2,28,29,33). The van der Waals surface area contributed by atoms with E-state index >= 15 is 0 Å². The smallest absolute Gasteiger partial charge is 0.336 e. The van der Waals surface area contributed by atoms with Crippen LogP contribution in [0.25, 0.3) is 17.1 Å². The van der Waals surface area contributed by atoms with Gasteiger partial charge in [0.05, 0.1) is 12.3 Å². The monoisotopic (exact) mass is 479 g/mol. The van der Waals surface area contributed by atoms with Gasteiger partial charge in [0.25, 0.3) is 0 Å². The molecule has 0 bridgehead atoms. The molecule has 1 aromatic heterocycles. The lowest BCUT2D eigenvalue weighted by Crippen LogP contribution is -2.19. The van der Waals surface area contributed by atoms with Gasteiger partial charge in [-0.15, -0.1) is 5.10 Å². The van der Waals surface area contributed by atoms with E-state index in [2.05, 4.69) is 20.7 Å². The first kappa shape index (κ1) is 23.3. The quantitative estimate of drug-likeness (QED) is 0.321. The van der Waals surface area contributed by atoms with E-state index in [1.807, 2.05) is 19.9 Å². The predicted molar refractivity (Wildman–Crippen MR) is 131 cm³/mol. The van der Waals surface area contributed by atoms with Crippen molar-refractivity contribution in [3.8, 4) is 23.1 Å². The highest BCUT2D eigenvalue weighted by Crippen LogP contribution is 2.26. The second-order valence-corrected chi connectivity index (χ2v) is 8.42. The summed E-state index contributed by atoms with van der Waals surface area (Å²) in [5.74, 6) is 0.318. The van der Waals surface area contributed by atoms with Gasteiger partial charge < -0.3 is 15.4 Å². The molecule has 0 radical (unpaired) electrons. The van der Waals surface area contributed by atoms with Gasteiger partial charge in [-0.25, -0.2) is 13.9 Å². The van der Waals surface area contributed by atoms with Gasteiger partial charge in [-0.1, -0.05) is 49.7 Å². The zero-order valence-corrected chi connectivity index (χ0v) is 19.4. The summed E-state index contributed by atoms with van der Waals surface area (Å²) in [4.78, 5) is 16.9. The molecule has 7 nitrogen and oxygen atoms in total. The normalized spacial score (nSPS) is 10.9. The minimum absolute atomic E-state index is 0.185. The van der Waals surface area contributed by atoms with Crippen LogP contribution in [0.5, 0.6) is 6.01 Å². The number of urea groups is 1. The van der Waals surface area contributed by atoms with Crippen molar-refractivity contribution in [2.45, 2.75) is 13.8 Å². The third-order valence-electron chi connectivity index (χ3n) is 4.65. The molecule has 0 saturated heterocycles. The van der Waals surface area contributed by atoms with Gasteiger partial charge >= 0.3 is 12.0 Å². The zero-order chi connectivity index (χ0) is 24.1. The third-order valence-corrected chi connectivity index (χ3v) is 4.88. The Morgan fingerprint density at radius 2 is 1.74 bits per heavy atom. The van der Waals surface area contributed by atoms with Crippen LogP contribution < -0.4 is 15.4 Å². The topological polar surface area (TPSA) is 81.1 Å². The van der Waals surface area contributed by atoms with Crippen LogP contribution in [0.3, 0.4) is 0 Å². The lowest BCUT2D eigenvalue weighted by molar-refractivity contribution is 0.251. The minimum Gasteiger partial charge on any atom is -0.462 e. The highest BCUT2D eigenvalue weighted by atomic mass is 35.5.